The third-order valence-electron chi connectivity index (χ3n) is 4.23. The topological polar surface area (TPSA) is 23.6 Å². The van der Waals surface area contributed by atoms with Crippen molar-refractivity contribution in [2.24, 2.45) is 0 Å². The van der Waals surface area contributed by atoms with Crippen LogP contribution in [0.4, 0.5) is 0 Å². The number of hydrogen-bond donors (Lipinski definition) is 0. The molecule has 2 aliphatic heterocycles. The lowest BCUT2D eigenvalue weighted by Crippen LogP contribution is -2.45. The Kier molecular flexibility index (Phi) is 4.20. The Bertz CT molecular complexity index is 521. The fourth-order valence-corrected chi connectivity index (χ4v) is 3.51. The number of amides is 1. The fourth-order valence-electron chi connectivity index (χ4n) is 3.19. The molecule has 20 heavy (non-hydrogen) atoms. The fraction of sp³-hybridized carbons (Fsp3) is 0.533. The van der Waals surface area contributed by atoms with Gasteiger partial charge in [-0.15, -0.1) is 0 Å². The number of hydrogen-bond acceptors (Lipinski definition) is 2. The molecule has 3 rings (SSSR count). The summed E-state index contributed by atoms with van der Waals surface area (Å²) in [5.74, 6) is 0.192. The Morgan fingerprint density at radius 3 is 2.80 bits per heavy atom. The third-order valence-corrected chi connectivity index (χ3v) is 4.97. The summed E-state index contributed by atoms with van der Waals surface area (Å²) in [5, 5.41) is 1.04. The average Bonchev–Trinajstić information content (AvgIpc) is 2.87. The minimum absolute atomic E-state index is 0.192. The molecule has 108 valence electrons. The van der Waals surface area contributed by atoms with Gasteiger partial charge in [-0.2, -0.15) is 0 Å². The van der Waals surface area contributed by atoms with Crippen LogP contribution in [0.1, 0.15) is 24.8 Å². The van der Waals surface area contributed by atoms with Crippen LogP contribution in [0.15, 0.2) is 18.2 Å². The summed E-state index contributed by atoms with van der Waals surface area (Å²) >= 11 is 11.9. The van der Waals surface area contributed by atoms with E-state index < -0.39 is 0 Å². The summed E-state index contributed by atoms with van der Waals surface area (Å²) in [7, 11) is 0. The van der Waals surface area contributed by atoms with Crippen LogP contribution >= 0.6 is 23.2 Å². The van der Waals surface area contributed by atoms with Crippen LogP contribution in [0.3, 0.4) is 0 Å². The van der Waals surface area contributed by atoms with Crippen LogP contribution in [0.25, 0.3) is 0 Å². The van der Waals surface area contributed by atoms with E-state index in [1.807, 2.05) is 11.0 Å². The molecule has 0 aromatic heterocycles. The number of carbonyl (C=O) groups excluding carboxylic acids is 1. The van der Waals surface area contributed by atoms with Crippen molar-refractivity contribution in [3.05, 3.63) is 33.8 Å². The van der Waals surface area contributed by atoms with Gasteiger partial charge < -0.3 is 4.90 Å². The van der Waals surface area contributed by atoms with Gasteiger partial charge in [0.15, 0.2) is 0 Å². The van der Waals surface area contributed by atoms with Crippen molar-refractivity contribution >= 4 is 29.1 Å². The molecule has 0 aliphatic carbocycles. The molecule has 2 heterocycles. The smallest absolute Gasteiger partial charge is 0.228 e. The minimum atomic E-state index is 0.192. The normalized spacial score (nSPS) is 22.9. The highest BCUT2D eigenvalue weighted by molar-refractivity contribution is 6.42. The van der Waals surface area contributed by atoms with Crippen LogP contribution in [-0.2, 0) is 11.2 Å². The van der Waals surface area contributed by atoms with E-state index in [1.54, 1.807) is 12.1 Å². The van der Waals surface area contributed by atoms with E-state index in [2.05, 4.69) is 4.90 Å². The molecule has 1 aromatic carbocycles. The van der Waals surface area contributed by atoms with Gasteiger partial charge in [0.2, 0.25) is 5.91 Å². The maximum absolute atomic E-state index is 12.5. The molecular formula is C15H18Cl2N2O. The molecule has 1 aromatic rings. The minimum Gasteiger partial charge on any atom is -0.325 e. The lowest BCUT2D eigenvalue weighted by atomic mass is 10.1. The van der Waals surface area contributed by atoms with Gasteiger partial charge in [0.1, 0.15) is 0 Å². The second-order valence-corrected chi connectivity index (χ2v) is 6.34. The molecule has 5 heteroatoms. The van der Waals surface area contributed by atoms with Crippen LogP contribution in [0, 0.1) is 0 Å². The lowest BCUT2D eigenvalue weighted by Gasteiger charge is -2.33. The van der Waals surface area contributed by atoms with Crippen molar-refractivity contribution in [2.75, 3.05) is 19.6 Å². The summed E-state index contributed by atoms with van der Waals surface area (Å²) < 4.78 is 0. The summed E-state index contributed by atoms with van der Waals surface area (Å²) in [5.41, 5.74) is 0.929. The van der Waals surface area contributed by atoms with Gasteiger partial charge in [-0.1, -0.05) is 29.3 Å². The van der Waals surface area contributed by atoms with E-state index in [0.29, 0.717) is 22.6 Å². The second-order valence-electron chi connectivity index (χ2n) is 5.52. The Hall–Kier alpha value is -0.770. The highest BCUT2D eigenvalue weighted by atomic mass is 35.5. The summed E-state index contributed by atoms with van der Waals surface area (Å²) in [6.07, 6.45) is 4.30. The molecule has 0 saturated carbocycles. The van der Waals surface area contributed by atoms with Crippen LogP contribution in [0.5, 0.6) is 0 Å². The van der Waals surface area contributed by atoms with E-state index in [4.69, 9.17) is 23.2 Å². The predicted octanol–water partition coefficient (Wildman–Crippen LogP) is 3.19. The first kappa shape index (κ1) is 14.2. The zero-order valence-electron chi connectivity index (χ0n) is 11.3. The van der Waals surface area contributed by atoms with Crippen LogP contribution in [0.2, 0.25) is 10.0 Å². The van der Waals surface area contributed by atoms with E-state index in [9.17, 15) is 4.79 Å². The van der Waals surface area contributed by atoms with Gasteiger partial charge in [-0.3, -0.25) is 9.69 Å². The SMILES string of the molecule is O=C(Cc1ccc(Cl)c(Cl)c1)N1CCN2CCCCC21. The first-order valence-corrected chi connectivity index (χ1v) is 7.88. The molecule has 3 nitrogen and oxygen atoms in total. The molecule has 0 bridgehead atoms. The average molecular weight is 313 g/mol. The monoisotopic (exact) mass is 312 g/mol. The summed E-state index contributed by atoms with van der Waals surface area (Å²) in [6, 6.07) is 5.42. The highest BCUT2D eigenvalue weighted by Crippen LogP contribution is 2.27. The molecule has 1 atom stereocenters. The van der Waals surface area contributed by atoms with Gasteiger partial charge in [0.25, 0.3) is 0 Å². The number of benzene rings is 1. The number of rotatable bonds is 2. The van der Waals surface area contributed by atoms with E-state index >= 15 is 0 Å². The van der Waals surface area contributed by atoms with Crippen molar-refractivity contribution in [2.45, 2.75) is 31.8 Å². The van der Waals surface area contributed by atoms with Crippen LogP contribution in [-0.4, -0.2) is 41.5 Å². The molecule has 1 unspecified atom stereocenters. The Balaban J connectivity index is 1.68. The standard InChI is InChI=1S/C15H18Cl2N2O/c16-12-5-4-11(9-13(12)17)10-15(20)19-8-7-18-6-2-1-3-14(18)19/h4-5,9,14H,1-3,6-8,10H2. The van der Waals surface area contributed by atoms with E-state index in [0.717, 1.165) is 31.6 Å². The molecule has 1 amide bonds. The van der Waals surface area contributed by atoms with Crippen molar-refractivity contribution in [1.29, 1.82) is 0 Å². The number of nitrogens with zero attached hydrogens (tertiary/aromatic N) is 2. The highest BCUT2D eigenvalue weighted by Gasteiger charge is 2.35. The number of fused-ring (bicyclic) bond motifs is 1. The molecule has 0 spiro atoms. The van der Waals surface area contributed by atoms with E-state index in [-0.39, 0.29) is 5.91 Å². The number of piperidine rings is 1. The summed E-state index contributed by atoms with van der Waals surface area (Å²) in [4.78, 5) is 16.9. The van der Waals surface area contributed by atoms with Gasteiger partial charge in [-0.05, 0) is 37.0 Å². The second kappa shape index (κ2) is 5.92. The van der Waals surface area contributed by atoms with E-state index in [1.165, 1.54) is 12.8 Å². The lowest BCUT2D eigenvalue weighted by molar-refractivity contribution is -0.133. The molecule has 2 aliphatic rings. The van der Waals surface area contributed by atoms with Gasteiger partial charge >= 0.3 is 0 Å². The third kappa shape index (κ3) is 2.80. The van der Waals surface area contributed by atoms with Gasteiger partial charge in [0, 0.05) is 19.6 Å². The largest absolute Gasteiger partial charge is 0.325 e. The number of carbonyl (C=O) groups is 1. The zero-order chi connectivity index (χ0) is 14.1. The molecule has 2 fully saturated rings. The van der Waals surface area contributed by atoms with Gasteiger partial charge in [-0.25, -0.2) is 0 Å². The number of halogens is 2. The Morgan fingerprint density at radius 2 is 2.00 bits per heavy atom. The maximum Gasteiger partial charge on any atom is 0.228 e. The molecule has 0 N–H and O–H groups in total. The Morgan fingerprint density at radius 1 is 1.15 bits per heavy atom. The van der Waals surface area contributed by atoms with Crippen molar-refractivity contribution < 1.29 is 4.79 Å². The van der Waals surface area contributed by atoms with Crippen molar-refractivity contribution in [3.63, 3.8) is 0 Å². The maximum atomic E-state index is 12.5. The zero-order valence-corrected chi connectivity index (χ0v) is 12.8. The summed E-state index contributed by atoms with van der Waals surface area (Å²) in [6.45, 7) is 2.99. The quantitative estimate of drug-likeness (QED) is 0.837. The molecule has 0 radical (unpaired) electrons. The van der Waals surface area contributed by atoms with Gasteiger partial charge in [0.05, 0.1) is 22.6 Å². The predicted molar refractivity (Wildman–Crippen MR) is 81.1 cm³/mol. The first-order chi connectivity index (χ1) is 9.65. The molecule has 2 saturated heterocycles. The van der Waals surface area contributed by atoms with Crippen molar-refractivity contribution in [1.82, 2.24) is 9.80 Å². The first-order valence-electron chi connectivity index (χ1n) is 7.12. The van der Waals surface area contributed by atoms with Crippen molar-refractivity contribution in [3.8, 4) is 0 Å². The molecular weight excluding hydrogens is 295 g/mol. The Labute approximate surface area is 129 Å². The van der Waals surface area contributed by atoms with Crippen LogP contribution < -0.4 is 0 Å².